The van der Waals surface area contributed by atoms with Gasteiger partial charge in [-0.1, -0.05) is 51.1 Å². The molecule has 0 bridgehead atoms. The highest BCUT2D eigenvalue weighted by atomic mass is 32.1. The number of carbonyl (C=O) groups is 5. The summed E-state index contributed by atoms with van der Waals surface area (Å²) in [5.41, 5.74) is 8.43. The van der Waals surface area contributed by atoms with E-state index >= 15 is 0 Å². The second-order valence-corrected chi connectivity index (χ2v) is 25.9. The van der Waals surface area contributed by atoms with E-state index in [9.17, 15) is 37.9 Å². The molecule has 5 N–H and O–H groups in total. The molecule has 3 aliphatic rings. The lowest BCUT2D eigenvalue weighted by atomic mass is 9.76. The minimum absolute atomic E-state index is 0.0105. The molecule has 3 atom stereocenters. The number of nitrogens with one attached hydrogen (secondary N) is 4. The number of rotatable bonds is 35. The van der Waals surface area contributed by atoms with Crippen LogP contribution in [0.1, 0.15) is 92.0 Å². The van der Waals surface area contributed by atoms with E-state index < -0.39 is 35.1 Å². The van der Waals surface area contributed by atoms with Crippen LogP contribution in [-0.2, 0) is 60.4 Å². The van der Waals surface area contributed by atoms with Crippen LogP contribution >= 0.6 is 11.3 Å². The van der Waals surface area contributed by atoms with Gasteiger partial charge in [0.05, 0.1) is 112 Å². The van der Waals surface area contributed by atoms with Gasteiger partial charge < -0.3 is 59.3 Å². The molecular formula is C69H89F2N9O12S. The van der Waals surface area contributed by atoms with Gasteiger partial charge in [-0.3, -0.25) is 34.0 Å². The maximum Gasteiger partial charge on any atom is 0.258 e. The number of ether oxygens (including phenoxy) is 6. The van der Waals surface area contributed by atoms with Crippen molar-refractivity contribution in [2.45, 2.75) is 97.2 Å². The number of nitrogens with zero attached hydrogens (tertiary/aromatic N) is 5. The van der Waals surface area contributed by atoms with E-state index in [4.69, 9.17) is 28.4 Å². The molecule has 93 heavy (non-hydrogen) atoms. The van der Waals surface area contributed by atoms with Gasteiger partial charge in [0.2, 0.25) is 11.8 Å². The lowest BCUT2D eigenvalue weighted by Crippen LogP contribution is -2.49. The molecule has 5 heterocycles. The Kier molecular flexibility index (Phi) is 26.3. The molecule has 9 rings (SSSR count). The Labute approximate surface area is 546 Å². The number of anilines is 3. The van der Waals surface area contributed by atoms with Crippen molar-refractivity contribution in [3.8, 4) is 10.4 Å². The molecule has 6 aromatic rings. The van der Waals surface area contributed by atoms with Crippen LogP contribution in [0, 0.1) is 29.9 Å². The van der Waals surface area contributed by atoms with E-state index in [0.29, 0.717) is 152 Å². The minimum atomic E-state index is -0.809. The summed E-state index contributed by atoms with van der Waals surface area (Å²) in [6.07, 6.45) is 2.16. The third kappa shape index (κ3) is 21.2. The number of aromatic amines is 1. The number of amides is 3. The Morgan fingerprint density at radius 1 is 0.774 bits per heavy atom. The SMILES string of the molecule is Cc1ncsc1-c1ccc(CCC(=O)[C@@H]2C[C@@H](O)CN2C(=O)[C@@H](CC(=O)CCOCCOCCOCCOCCOCCNC(=O)CN2CCN(c3ccc(C(=O)Nc4n[nH]c5ccc(Cc6cc(F)cc(F)c6)cc45)c(NC4CCOCC4)c3)CC2)C(C)(C)C)cc1. The number of halogens is 2. The number of Topliss-reactive ketones (excluding diaryl/α,β-unsaturated/α-hetero) is 2. The van der Waals surface area contributed by atoms with Crippen LogP contribution in [0.4, 0.5) is 26.0 Å². The summed E-state index contributed by atoms with van der Waals surface area (Å²) in [4.78, 5) is 79.1. The van der Waals surface area contributed by atoms with E-state index in [1.165, 1.54) is 17.0 Å². The zero-order valence-electron chi connectivity index (χ0n) is 53.8. The first-order valence-corrected chi connectivity index (χ1v) is 33.2. The van der Waals surface area contributed by atoms with Gasteiger partial charge in [0.1, 0.15) is 17.4 Å². The third-order valence-corrected chi connectivity index (χ3v) is 18.0. The molecule has 0 aliphatic carbocycles. The lowest BCUT2D eigenvalue weighted by Gasteiger charge is -2.36. The summed E-state index contributed by atoms with van der Waals surface area (Å²) in [7, 11) is 0. The molecule has 3 amide bonds. The van der Waals surface area contributed by atoms with Crippen LogP contribution < -0.4 is 20.9 Å². The molecule has 21 nitrogen and oxygen atoms in total. The molecule has 2 aromatic heterocycles. The Morgan fingerprint density at radius 2 is 1.43 bits per heavy atom. The van der Waals surface area contributed by atoms with Crippen LogP contribution in [-0.4, -0.2) is 203 Å². The van der Waals surface area contributed by atoms with Crippen molar-refractivity contribution in [3.05, 3.63) is 124 Å². The topological polar surface area (TPSA) is 248 Å². The fraction of sp³-hybridized carbons (Fsp3) is 0.522. The molecule has 3 fully saturated rings. The Bertz CT molecular complexity index is 3400. The highest BCUT2D eigenvalue weighted by molar-refractivity contribution is 7.13. The molecule has 3 aliphatic heterocycles. The number of likely N-dealkylation sites (tertiary alicyclic amines) is 1. The smallest absolute Gasteiger partial charge is 0.258 e. The summed E-state index contributed by atoms with van der Waals surface area (Å²) < 4.78 is 61.6. The summed E-state index contributed by atoms with van der Waals surface area (Å²) in [5, 5.41) is 28.2. The molecule has 0 unspecified atom stereocenters. The van der Waals surface area contributed by atoms with E-state index in [1.807, 2.05) is 93.9 Å². The molecule has 0 saturated carbocycles. The average Bonchev–Trinajstić information content (AvgIpc) is 1.76. The number of carbonyl (C=O) groups excluding carboxylic acids is 5. The molecule has 502 valence electrons. The number of aromatic nitrogens is 3. The van der Waals surface area contributed by atoms with Crippen molar-refractivity contribution >= 4 is 68.7 Å². The summed E-state index contributed by atoms with van der Waals surface area (Å²) in [5.74, 6) is -2.53. The number of aliphatic hydroxyl groups excluding tert-OH is 1. The second kappa shape index (κ2) is 34.9. The molecular weight excluding hydrogens is 1220 g/mol. The quantitative estimate of drug-likeness (QED) is 0.0235. The normalized spacial score (nSPS) is 16.8. The van der Waals surface area contributed by atoms with Gasteiger partial charge in [0.15, 0.2) is 11.6 Å². The molecule has 3 saturated heterocycles. The number of fused-ring (bicyclic) bond motifs is 1. The molecule has 4 aromatic carbocycles. The standard InChI is InChI=1S/C69H89F2N9O12S/c1-46-65(93-45-73-46)50-9-5-47(6-10-50)8-14-63(83)62-42-56(82)43-80(62)68(86)59(69(2,3)4)41-55(81)17-25-88-27-29-90-31-33-92-34-32-91-30-28-89-26-18-72-64(84)44-78-19-21-79(22-20-78)54-11-12-57(61(40-54)74-53-15-23-87-24-16-53)67(85)75-66-58-38-48(7-13-60(58)76-77-66)35-49-36-51(70)39-52(71)37-49/h5-7,9-13,36-40,45,53,56,59,62,74,82H,8,14-35,41-44H2,1-4H3,(H,72,84)(H2,75,76,77,85)/t56-,59-,62+/m1/s1. The maximum absolute atomic E-state index is 14.1. The summed E-state index contributed by atoms with van der Waals surface area (Å²) in [6.45, 7) is 15.8. The first-order chi connectivity index (χ1) is 44.9. The fourth-order valence-corrected chi connectivity index (χ4v) is 12.7. The van der Waals surface area contributed by atoms with Gasteiger partial charge in [-0.25, -0.2) is 13.8 Å². The number of aliphatic hydroxyl groups is 1. The molecule has 0 radical (unpaired) electrons. The third-order valence-electron chi connectivity index (χ3n) is 17.0. The number of piperazine rings is 1. The van der Waals surface area contributed by atoms with Crippen LogP contribution in [0.5, 0.6) is 0 Å². The predicted molar refractivity (Wildman–Crippen MR) is 352 cm³/mol. The minimum Gasteiger partial charge on any atom is -0.391 e. The van der Waals surface area contributed by atoms with E-state index in [1.54, 1.807) is 11.3 Å². The fourth-order valence-electron chi connectivity index (χ4n) is 11.8. The van der Waals surface area contributed by atoms with Crippen LogP contribution in [0.25, 0.3) is 21.3 Å². The van der Waals surface area contributed by atoms with Gasteiger partial charge in [-0.15, -0.1) is 11.3 Å². The predicted octanol–water partition coefficient (Wildman–Crippen LogP) is 8.20. The van der Waals surface area contributed by atoms with Gasteiger partial charge in [-0.05, 0) is 103 Å². The number of thiazole rings is 1. The van der Waals surface area contributed by atoms with Crippen molar-refractivity contribution in [3.63, 3.8) is 0 Å². The van der Waals surface area contributed by atoms with E-state index in [-0.39, 0.29) is 80.7 Å². The zero-order chi connectivity index (χ0) is 65.7. The van der Waals surface area contributed by atoms with Gasteiger partial charge in [0, 0.05) is 113 Å². The zero-order valence-corrected chi connectivity index (χ0v) is 54.6. The van der Waals surface area contributed by atoms with Crippen molar-refractivity contribution in [1.29, 1.82) is 0 Å². The lowest BCUT2D eigenvalue weighted by molar-refractivity contribution is -0.146. The van der Waals surface area contributed by atoms with E-state index in [0.717, 1.165) is 51.9 Å². The molecule has 0 spiro atoms. The largest absolute Gasteiger partial charge is 0.391 e. The van der Waals surface area contributed by atoms with Crippen molar-refractivity contribution in [1.82, 2.24) is 30.3 Å². The highest BCUT2D eigenvalue weighted by Gasteiger charge is 2.44. The monoisotopic (exact) mass is 1310 g/mol. The number of H-pyrrole nitrogens is 1. The number of benzene rings is 4. The van der Waals surface area contributed by atoms with Gasteiger partial charge >= 0.3 is 0 Å². The van der Waals surface area contributed by atoms with Gasteiger partial charge in [-0.2, -0.15) is 5.10 Å². The van der Waals surface area contributed by atoms with Crippen molar-refractivity contribution in [2.24, 2.45) is 11.3 Å². The van der Waals surface area contributed by atoms with Crippen molar-refractivity contribution in [2.75, 3.05) is 141 Å². The highest BCUT2D eigenvalue weighted by Crippen LogP contribution is 2.35. The Morgan fingerprint density at radius 3 is 2.09 bits per heavy atom. The van der Waals surface area contributed by atoms with Crippen LogP contribution in [0.2, 0.25) is 0 Å². The number of aryl methyl sites for hydroxylation is 2. The number of ketones is 2. The maximum atomic E-state index is 14.1. The Hall–Kier alpha value is -7.13. The molecule has 24 heteroatoms. The average molecular weight is 1310 g/mol. The van der Waals surface area contributed by atoms with Gasteiger partial charge in [0.25, 0.3) is 5.91 Å². The van der Waals surface area contributed by atoms with E-state index in [2.05, 4.69) is 40.9 Å². The summed E-state index contributed by atoms with van der Waals surface area (Å²) in [6, 6.07) is 22.2. The Balaban J connectivity index is 0.582. The second-order valence-electron chi connectivity index (χ2n) is 25.0. The summed E-state index contributed by atoms with van der Waals surface area (Å²) >= 11 is 1.59. The van der Waals surface area contributed by atoms with Crippen molar-refractivity contribution < 1.29 is 66.3 Å². The number of hydrogen-bond donors (Lipinski definition) is 5. The van der Waals surface area contributed by atoms with Crippen LogP contribution in [0.15, 0.2) is 84.4 Å². The number of hydrogen-bond acceptors (Lipinski definition) is 18. The first-order valence-electron chi connectivity index (χ1n) is 32.3. The van der Waals surface area contributed by atoms with Crippen LogP contribution in [0.3, 0.4) is 0 Å². The number of β-amino-alcohol motifs (C(OH)–C–C–N with tert-alkyl or cyclic N) is 1. The first kappa shape index (κ1) is 70.2.